The third-order valence-electron chi connectivity index (χ3n) is 3.17. The van der Waals surface area contributed by atoms with Gasteiger partial charge in [0.2, 0.25) is 0 Å². The third kappa shape index (κ3) is 2.70. The SMILES string of the molecule is CSCCCC1C(N)=NC(=O)N1CC1CC1. The van der Waals surface area contributed by atoms with Gasteiger partial charge in [0.1, 0.15) is 5.84 Å². The van der Waals surface area contributed by atoms with E-state index >= 15 is 0 Å². The van der Waals surface area contributed by atoms with Gasteiger partial charge in [0, 0.05) is 6.54 Å². The van der Waals surface area contributed by atoms with E-state index < -0.39 is 0 Å². The van der Waals surface area contributed by atoms with Crippen LogP contribution in [-0.2, 0) is 0 Å². The Labute approximate surface area is 101 Å². The average Bonchev–Trinajstić information content (AvgIpc) is 3.01. The Balaban J connectivity index is 1.89. The predicted octanol–water partition coefficient (Wildman–Crippen LogP) is 1.70. The van der Waals surface area contributed by atoms with Gasteiger partial charge in [-0.3, -0.25) is 0 Å². The number of hydrogen-bond acceptors (Lipinski definition) is 3. The van der Waals surface area contributed by atoms with E-state index in [9.17, 15) is 4.79 Å². The summed E-state index contributed by atoms with van der Waals surface area (Å²) in [5, 5.41) is 0. The van der Waals surface area contributed by atoms with E-state index in [0.29, 0.717) is 11.8 Å². The summed E-state index contributed by atoms with van der Waals surface area (Å²) in [6.45, 7) is 0.854. The number of amides is 2. The molecule has 2 amide bonds. The molecule has 0 bridgehead atoms. The van der Waals surface area contributed by atoms with E-state index in [0.717, 1.165) is 25.1 Å². The predicted molar refractivity (Wildman–Crippen MR) is 67.9 cm³/mol. The topological polar surface area (TPSA) is 58.7 Å². The Bertz CT molecular complexity index is 302. The summed E-state index contributed by atoms with van der Waals surface area (Å²) in [5.74, 6) is 2.34. The van der Waals surface area contributed by atoms with Crippen molar-refractivity contribution in [1.29, 1.82) is 0 Å². The first kappa shape index (κ1) is 11.8. The monoisotopic (exact) mass is 241 g/mol. The fraction of sp³-hybridized carbons (Fsp3) is 0.818. The highest BCUT2D eigenvalue weighted by atomic mass is 32.2. The summed E-state index contributed by atoms with van der Waals surface area (Å²) in [6.07, 6.45) is 6.65. The van der Waals surface area contributed by atoms with Crippen molar-refractivity contribution in [1.82, 2.24) is 4.90 Å². The van der Waals surface area contributed by atoms with Crippen LogP contribution in [0.5, 0.6) is 0 Å². The normalized spacial score (nSPS) is 25.1. The second kappa shape index (κ2) is 5.08. The second-order valence-corrected chi connectivity index (χ2v) is 5.55. The molecule has 0 aromatic heterocycles. The summed E-state index contributed by atoms with van der Waals surface area (Å²) in [5.41, 5.74) is 5.82. The molecule has 90 valence electrons. The Morgan fingerprint density at radius 3 is 2.94 bits per heavy atom. The number of carbonyl (C=O) groups excluding carboxylic acids is 1. The summed E-state index contributed by atoms with van der Waals surface area (Å²) >= 11 is 1.83. The molecular formula is C11H19N3OS. The molecule has 5 heteroatoms. The van der Waals surface area contributed by atoms with Gasteiger partial charge in [-0.15, -0.1) is 0 Å². The standard InChI is InChI=1S/C11H19N3OS/c1-16-6-2-3-9-10(12)13-11(15)14(9)7-8-4-5-8/h8-9H,2-7H2,1H3,(H2,12,13,15). The van der Waals surface area contributed by atoms with Crippen LogP contribution in [-0.4, -0.2) is 41.4 Å². The van der Waals surface area contributed by atoms with E-state index in [2.05, 4.69) is 11.2 Å². The summed E-state index contributed by atoms with van der Waals surface area (Å²) in [4.78, 5) is 17.4. The molecule has 2 aliphatic rings. The molecule has 1 saturated carbocycles. The van der Waals surface area contributed by atoms with Crippen molar-refractivity contribution in [3.63, 3.8) is 0 Å². The first-order valence-electron chi connectivity index (χ1n) is 5.86. The number of thioether (sulfide) groups is 1. The number of urea groups is 1. The second-order valence-electron chi connectivity index (χ2n) is 4.57. The van der Waals surface area contributed by atoms with Gasteiger partial charge in [-0.05, 0) is 43.6 Å². The van der Waals surface area contributed by atoms with Crippen LogP contribution in [0.15, 0.2) is 4.99 Å². The molecule has 0 aromatic rings. The Morgan fingerprint density at radius 1 is 1.56 bits per heavy atom. The first-order chi connectivity index (χ1) is 7.72. The molecule has 1 unspecified atom stereocenters. The van der Waals surface area contributed by atoms with Gasteiger partial charge in [0.15, 0.2) is 0 Å². The minimum absolute atomic E-state index is 0.0697. The molecule has 1 heterocycles. The van der Waals surface area contributed by atoms with Crippen molar-refractivity contribution < 1.29 is 4.79 Å². The van der Waals surface area contributed by atoms with Gasteiger partial charge < -0.3 is 10.6 Å². The maximum Gasteiger partial charge on any atom is 0.345 e. The van der Waals surface area contributed by atoms with Crippen LogP contribution in [0, 0.1) is 5.92 Å². The molecule has 0 radical (unpaired) electrons. The van der Waals surface area contributed by atoms with Gasteiger partial charge in [-0.1, -0.05) is 0 Å². The highest BCUT2D eigenvalue weighted by molar-refractivity contribution is 7.98. The number of hydrogen-bond donors (Lipinski definition) is 1. The van der Waals surface area contributed by atoms with E-state index in [4.69, 9.17) is 5.73 Å². The van der Waals surface area contributed by atoms with Gasteiger partial charge in [0.05, 0.1) is 6.04 Å². The van der Waals surface area contributed by atoms with Crippen molar-refractivity contribution in [3.8, 4) is 0 Å². The van der Waals surface area contributed by atoms with E-state index in [-0.39, 0.29) is 12.1 Å². The van der Waals surface area contributed by atoms with Crippen molar-refractivity contribution >= 4 is 23.6 Å². The van der Waals surface area contributed by atoms with E-state index in [1.807, 2.05) is 16.7 Å². The number of carbonyl (C=O) groups is 1. The molecule has 4 nitrogen and oxygen atoms in total. The van der Waals surface area contributed by atoms with Crippen LogP contribution in [0.4, 0.5) is 4.79 Å². The number of rotatable bonds is 6. The zero-order chi connectivity index (χ0) is 11.5. The van der Waals surface area contributed by atoms with Crippen molar-refractivity contribution in [2.45, 2.75) is 31.7 Å². The molecule has 0 aromatic carbocycles. The lowest BCUT2D eigenvalue weighted by molar-refractivity contribution is 0.201. The molecule has 0 spiro atoms. The molecule has 16 heavy (non-hydrogen) atoms. The van der Waals surface area contributed by atoms with Crippen molar-refractivity contribution in [2.24, 2.45) is 16.6 Å². The van der Waals surface area contributed by atoms with Crippen LogP contribution >= 0.6 is 11.8 Å². The van der Waals surface area contributed by atoms with Crippen LogP contribution in [0.25, 0.3) is 0 Å². The fourth-order valence-corrected chi connectivity index (χ4v) is 2.51. The molecule has 0 saturated heterocycles. The zero-order valence-corrected chi connectivity index (χ0v) is 10.5. The van der Waals surface area contributed by atoms with E-state index in [1.54, 1.807) is 0 Å². The van der Waals surface area contributed by atoms with Gasteiger partial charge in [-0.2, -0.15) is 16.8 Å². The lowest BCUT2D eigenvalue weighted by Crippen LogP contribution is -2.41. The molecular weight excluding hydrogens is 222 g/mol. The molecule has 1 aliphatic carbocycles. The number of nitrogens with two attached hydrogens (primary N) is 1. The maximum absolute atomic E-state index is 11.6. The lowest BCUT2D eigenvalue weighted by Gasteiger charge is -2.23. The van der Waals surface area contributed by atoms with Crippen molar-refractivity contribution in [2.75, 3.05) is 18.6 Å². The largest absolute Gasteiger partial charge is 0.385 e. The highest BCUT2D eigenvalue weighted by Gasteiger charge is 2.36. The number of nitrogens with zero attached hydrogens (tertiary/aromatic N) is 2. The number of amidine groups is 1. The Morgan fingerprint density at radius 2 is 2.31 bits per heavy atom. The highest BCUT2D eigenvalue weighted by Crippen LogP contribution is 2.32. The number of aliphatic imine (C=N–C) groups is 1. The summed E-state index contributed by atoms with van der Waals surface area (Å²) in [6, 6.07) is -0.0567. The molecule has 1 aliphatic heterocycles. The molecule has 1 fully saturated rings. The fourth-order valence-electron chi connectivity index (χ4n) is 2.05. The lowest BCUT2D eigenvalue weighted by atomic mass is 10.1. The van der Waals surface area contributed by atoms with Crippen molar-refractivity contribution in [3.05, 3.63) is 0 Å². The minimum Gasteiger partial charge on any atom is -0.385 e. The molecule has 2 rings (SSSR count). The van der Waals surface area contributed by atoms with E-state index in [1.165, 1.54) is 12.8 Å². The van der Waals surface area contributed by atoms with Crippen LogP contribution in [0.3, 0.4) is 0 Å². The molecule has 1 atom stereocenters. The van der Waals surface area contributed by atoms with Gasteiger partial charge in [-0.25, -0.2) is 4.79 Å². The maximum atomic E-state index is 11.6. The molecule has 2 N–H and O–H groups in total. The summed E-state index contributed by atoms with van der Waals surface area (Å²) in [7, 11) is 0. The zero-order valence-electron chi connectivity index (χ0n) is 9.69. The van der Waals surface area contributed by atoms with Gasteiger partial charge >= 0.3 is 6.03 Å². The Hall–Kier alpha value is -0.710. The summed E-state index contributed by atoms with van der Waals surface area (Å²) < 4.78 is 0. The van der Waals surface area contributed by atoms with Crippen LogP contribution in [0.1, 0.15) is 25.7 Å². The van der Waals surface area contributed by atoms with Crippen LogP contribution < -0.4 is 5.73 Å². The third-order valence-corrected chi connectivity index (χ3v) is 3.86. The minimum atomic E-state index is -0.126. The smallest absolute Gasteiger partial charge is 0.345 e. The Kier molecular flexibility index (Phi) is 3.74. The van der Waals surface area contributed by atoms with Crippen LogP contribution in [0.2, 0.25) is 0 Å². The first-order valence-corrected chi connectivity index (χ1v) is 7.25. The van der Waals surface area contributed by atoms with Gasteiger partial charge in [0.25, 0.3) is 0 Å². The quantitative estimate of drug-likeness (QED) is 0.720. The average molecular weight is 241 g/mol.